The number of phenolic OH excluding ortho intramolecular Hbond substituents is 1. The second kappa shape index (κ2) is 11.9. The molecule has 1 amide bonds. The van der Waals surface area contributed by atoms with Gasteiger partial charge in [-0.3, -0.25) is 4.79 Å². The van der Waals surface area contributed by atoms with Crippen molar-refractivity contribution in [3.05, 3.63) is 66.0 Å². The van der Waals surface area contributed by atoms with Gasteiger partial charge in [-0.05, 0) is 54.5 Å². The number of benzene rings is 3. The van der Waals surface area contributed by atoms with E-state index in [1.165, 1.54) is 12.1 Å². The highest BCUT2D eigenvalue weighted by Crippen LogP contribution is 2.42. The average Bonchev–Trinajstić information content (AvgIpc) is 2.93. The molecule has 1 aliphatic rings. The van der Waals surface area contributed by atoms with Gasteiger partial charge in [0.05, 0.1) is 5.02 Å². The Morgan fingerprint density at radius 3 is 2.46 bits per heavy atom. The molecule has 2 N–H and O–H groups in total. The molecule has 0 aliphatic carbocycles. The molecule has 0 atom stereocenters. The molecule has 0 unspecified atom stereocenters. The molecule has 0 saturated carbocycles. The number of amides is 1. The van der Waals surface area contributed by atoms with Gasteiger partial charge in [-0.25, -0.2) is 9.37 Å². The maximum atomic E-state index is 16.4. The van der Waals surface area contributed by atoms with Crippen molar-refractivity contribution in [3.8, 4) is 16.9 Å². The number of rotatable bonds is 5. The highest BCUT2D eigenvalue weighted by atomic mass is 35.5. The van der Waals surface area contributed by atoms with Crippen LogP contribution in [0.25, 0.3) is 32.8 Å². The van der Waals surface area contributed by atoms with Crippen molar-refractivity contribution in [1.29, 1.82) is 0 Å². The Morgan fingerprint density at radius 2 is 1.79 bits per heavy atom. The number of hydrogen-bond acceptors (Lipinski definition) is 6. The lowest BCUT2D eigenvalue weighted by Gasteiger charge is -2.35. The monoisotopic (exact) mass is 549 g/mol. The predicted molar refractivity (Wildman–Crippen MR) is 158 cm³/mol. The molecular formula is C30H33ClFN5O2. The number of aromatic hydroxyl groups is 1. The van der Waals surface area contributed by atoms with Crippen LogP contribution in [0.1, 0.15) is 27.7 Å². The zero-order chi connectivity index (χ0) is 28.3. The molecule has 2 heterocycles. The Morgan fingerprint density at radius 1 is 1.10 bits per heavy atom. The van der Waals surface area contributed by atoms with Crippen molar-refractivity contribution in [2.45, 2.75) is 33.7 Å². The lowest BCUT2D eigenvalue weighted by molar-refractivity contribution is -0.126. The number of nitrogens with one attached hydrogen (secondary N) is 1. The minimum atomic E-state index is -0.589. The van der Waals surface area contributed by atoms with Crippen LogP contribution in [-0.4, -0.2) is 58.1 Å². The number of piperazine rings is 1. The van der Waals surface area contributed by atoms with E-state index in [0.29, 0.717) is 48.9 Å². The molecule has 1 aromatic heterocycles. The van der Waals surface area contributed by atoms with Crippen LogP contribution in [0.15, 0.2) is 55.1 Å². The summed E-state index contributed by atoms with van der Waals surface area (Å²) in [6, 6.07) is 12.3. The van der Waals surface area contributed by atoms with Crippen LogP contribution in [0.3, 0.4) is 0 Å². The third-order valence-electron chi connectivity index (χ3n) is 6.46. The van der Waals surface area contributed by atoms with Gasteiger partial charge in [0.1, 0.15) is 17.1 Å². The number of hydrogen-bond donors (Lipinski definition) is 2. The lowest BCUT2D eigenvalue weighted by Crippen LogP contribution is -2.48. The first kappa shape index (κ1) is 28.1. The highest BCUT2D eigenvalue weighted by molar-refractivity contribution is 6.35. The van der Waals surface area contributed by atoms with Gasteiger partial charge in [-0.2, -0.15) is 4.98 Å². The SMILES string of the molecule is C=CC(=O)N1CCN(c2nc(NC(C)C)nc3c(F)c(-c4cc(O)cc5ccccc45)c(Cl)cc23)CC1.CC. The van der Waals surface area contributed by atoms with E-state index in [1.54, 1.807) is 17.0 Å². The molecule has 204 valence electrons. The third-order valence-corrected chi connectivity index (χ3v) is 6.76. The summed E-state index contributed by atoms with van der Waals surface area (Å²) in [5, 5.41) is 15.7. The van der Waals surface area contributed by atoms with Crippen LogP contribution in [0.4, 0.5) is 16.2 Å². The van der Waals surface area contributed by atoms with Crippen molar-refractivity contribution < 1.29 is 14.3 Å². The van der Waals surface area contributed by atoms with Gasteiger partial charge in [0, 0.05) is 43.2 Å². The summed E-state index contributed by atoms with van der Waals surface area (Å²) in [6.45, 7) is 13.5. The first-order valence-corrected chi connectivity index (χ1v) is 13.5. The standard InChI is InChI=1S/C28H27ClFN5O2.C2H6/c1-4-23(37)34-9-11-35(12-10-34)27-21-15-22(29)24(25(30)26(21)32-28(33-27)31-16(2)3)20-14-18(36)13-17-7-5-6-8-19(17)20;1-2/h4-8,13-16,36H,1,9-12H2,2-3H3,(H,31,32,33);1-2H3. The fourth-order valence-electron chi connectivity index (χ4n) is 4.76. The van der Waals surface area contributed by atoms with Crippen LogP contribution in [-0.2, 0) is 4.79 Å². The minimum Gasteiger partial charge on any atom is -0.508 e. The van der Waals surface area contributed by atoms with Gasteiger partial charge < -0.3 is 20.2 Å². The summed E-state index contributed by atoms with van der Waals surface area (Å²) in [4.78, 5) is 25.0. The Kier molecular flexibility index (Phi) is 8.55. The quantitative estimate of drug-likeness (QED) is 0.272. The maximum absolute atomic E-state index is 16.4. The van der Waals surface area contributed by atoms with E-state index in [4.69, 9.17) is 16.6 Å². The number of anilines is 2. The second-order valence-electron chi connectivity index (χ2n) is 9.34. The topological polar surface area (TPSA) is 81.6 Å². The maximum Gasteiger partial charge on any atom is 0.246 e. The fraction of sp³-hybridized carbons (Fsp3) is 0.300. The summed E-state index contributed by atoms with van der Waals surface area (Å²) in [5.74, 6) is 0.157. The number of nitrogens with zero attached hydrogens (tertiary/aromatic N) is 4. The van der Waals surface area contributed by atoms with Gasteiger partial charge in [-0.1, -0.05) is 56.3 Å². The van der Waals surface area contributed by atoms with Crippen molar-refractivity contribution in [2.24, 2.45) is 0 Å². The van der Waals surface area contributed by atoms with E-state index < -0.39 is 5.82 Å². The molecule has 7 nitrogen and oxygen atoms in total. The smallest absolute Gasteiger partial charge is 0.246 e. The van der Waals surface area contributed by atoms with Gasteiger partial charge in [0.2, 0.25) is 11.9 Å². The molecular weight excluding hydrogens is 517 g/mol. The third kappa shape index (κ3) is 5.61. The van der Waals surface area contributed by atoms with E-state index in [1.807, 2.05) is 56.9 Å². The van der Waals surface area contributed by atoms with Crippen molar-refractivity contribution >= 4 is 50.9 Å². The van der Waals surface area contributed by atoms with E-state index in [-0.39, 0.29) is 33.8 Å². The fourth-order valence-corrected chi connectivity index (χ4v) is 5.05. The number of aromatic nitrogens is 2. The number of carbonyl (C=O) groups excluding carboxylic acids is 1. The molecule has 5 rings (SSSR count). The van der Waals surface area contributed by atoms with Gasteiger partial charge in [0.15, 0.2) is 5.82 Å². The summed E-state index contributed by atoms with van der Waals surface area (Å²) < 4.78 is 16.4. The van der Waals surface area contributed by atoms with E-state index in [9.17, 15) is 9.90 Å². The Bertz CT molecular complexity index is 1530. The Hall–Kier alpha value is -3.91. The number of halogens is 2. The first-order chi connectivity index (χ1) is 18.8. The van der Waals surface area contributed by atoms with Crippen LogP contribution in [0.2, 0.25) is 5.02 Å². The zero-order valence-corrected chi connectivity index (χ0v) is 23.4. The normalized spacial score (nSPS) is 13.4. The average molecular weight is 550 g/mol. The molecule has 4 aromatic rings. The lowest BCUT2D eigenvalue weighted by atomic mass is 9.96. The molecule has 3 aromatic carbocycles. The molecule has 9 heteroatoms. The molecule has 0 bridgehead atoms. The highest BCUT2D eigenvalue weighted by Gasteiger charge is 2.26. The minimum absolute atomic E-state index is 0.0155. The summed E-state index contributed by atoms with van der Waals surface area (Å²) in [5.41, 5.74) is 0.780. The van der Waals surface area contributed by atoms with Gasteiger partial charge >= 0.3 is 0 Å². The van der Waals surface area contributed by atoms with Crippen molar-refractivity contribution in [3.63, 3.8) is 0 Å². The Balaban J connectivity index is 0.00000172. The second-order valence-corrected chi connectivity index (χ2v) is 9.75. The first-order valence-electron chi connectivity index (χ1n) is 13.1. The summed E-state index contributed by atoms with van der Waals surface area (Å²) in [6.07, 6.45) is 1.31. The largest absolute Gasteiger partial charge is 0.508 e. The van der Waals surface area contributed by atoms with Crippen LogP contribution >= 0.6 is 11.6 Å². The predicted octanol–water partition coefficient (Wildman–Crippen LogP) is 6.63. The Labute approximate surface area is 232 Å². The molecule has 39 heavy (non-hydrogen) atoms. The van der Waals surface area contributed by atoms with Gasteiger partial charge in [0.25, 0.3) is 0 Å². The number of fused-ring (bicyclic) bond motifs is 2. The van der Waals surface area contributed by atoms with Crippen molar-refractivity contribution in [1.82, 2.24) is 14.9 Å². The molecule has 1 saturated heterocycles. The number of phenols is 1. The van der Waals surface area contributed by atoms with E-state index in [2.05, 4.69) is 16.9 Å². The van der Waals surface area contributed by atoms with E-state index >= 15 is 4.39 Å². The van der Waals surface area contributed by atoms with Gasteiger partial charge in [-0.15, -0.1) is 0 Å². The van der Waals surface area contributed by atoms with Crippen LogP contribution < -0.4 is 10.2 Å². The number of carbonyl (C=O) groups is 1. The zero-order valence-electron chi connectivity index (χ0n) is 22.6. The van der Waals surface area contributed by atoms with E-state index in [0.717, 1.165) is 10.8 Å². The van der Waals surface area contributed by atoms with Crippen molar-refractivity contribution in [2.75, 3.05) is 36.4 Å². The molecule has 1 aliphatic heterocycles. The summed E-state index contributed by atoms with van der Waals surface area (Å²) in [7, 11) is 0. The van der Waals surface area contributed by atoms with Crippen LogP contribution in [0.5, 0.6) is 5.75 Å². The molecule has 0 radical (unpaired) electrons. The molecule has 0 spiro atoms. The molecule has 1 fully saturated rings. The van der Waals surface area contributed by atoms with Crippen LogP contribution in [0, 0.1) is 5.82 Å². The summed E-state index contributed by atoms with van der Waals surface area (Å²) >= 11 is 6.74.